The minimum absolute atomic E-state index is 0.0814. The molecular formula is C15H24N2O3S. The highest BCUT2D eigenvalue weighted by molar-refractivity contribution is 7.09. The first-order valence-electron chi connectivity index (χ1n) is 7.35. The number of ether oxygens (including phenoxy) is 1. The predicted molar refractivity (Wildman–Crippen MR) is 82.7 cm³/mol. The van der Waals surface area contributed by atoms with E-state index >= 15 is 0 Å². The van der Waals surface area contributed by atoms with E-state index < -0.39 is 5.97 Å². The number of aromatic nitrogens is 1. The molecule has 0 unspecified atom stereocenters. The van der Waals surface area contributed by atoms with Crippen molar-refractivity contribution in [3.05, 3.63) is 16.1 Å². The summed E-state index contributed by atoms with van der Waals surface area (Å²) in [7, 11) is 0. The topological polar surface area (TPSA) is 62.7 Å². The van der Waals surface area contributed by atoms with Crippen molar-refractivity contribution in [1.82, 2.24) is 9.88 Å². The molecule has 0 spiro atoms. The maximum absolute atomic E-state index is 10.5. The lowest BCUT2D eigenvalue weighted by atomic mass is 9.98. The van der Waals surface area contributed by atoms with Gasteiger partial charge in [0.15, 0.2) is 0 Å². The van der Waals surface area contributed by atoms with Gasteiger partial charge in [-0.05, 0) is 12.8 Å². The maximum atomic E-state index is 10.5. The number of piperidine rings is 1. The summed E-state index contributed by atoms with van der Waals surface area (Å²) >= 11 is 1.73. The van der Waals surface area contributed by atoms with Crippen LogP contribution in [0, 0.1) is 0 Å². The molecule has 1 saturated heterocycles. The number of hydrogen-bond donors (Lipinski definition) is 1. The van der Waals surface area contributed by atoms with Gasteiger partial charge in [0.25, 0.3) is 0 Å². The summed E-state index contributed by atoms with van der Waals surface area (Å²) in [6, 6.07) is 0. The van der Waals surface area contributed by atoms with E-state index in [1.165, 1.54) is 5.01 Å². The zero-order chi connectivity index (χ0) is 15.5. The zero-order valence-electron chi connectivity index (χ0n) is 13.0. The summed E-state index contributed by atoms with van der Waals surface area (Å²) in [6.07, 6.45) is 1.87. The number of carboxylic acids is 1. The van der Waals surface area contributed by atoms with Crippen LogP contribution in [0.1, 0.15) is 44.3 Å². The average molecular weight is 312 g/mol. The summed E-state index contributed by atoms with van der Waals surface area (Å²) < 4.78 is 5.35. The van der Waals surface area contributed by atoms with Gasteiger partial charge in [-0.3, -0.25) is 4.90 Å². The number of carboxylic acid groups (broad SMARTS) is 1. The third-order valence-corrected chi connectivity index (χ3v) is 4.87. The summed E-state index contributed by atoms with van der Waals surface area (Å²) in [4.78, 5) is 17.6. The van der Waals surface area contributed by atoms with Crippen LogP contribution in [-0.4, -0.2) is 46.8 Å². The molecule has 0 atom stereocenters. The van der Waals surface area contributed by atoms with Crippen molar-refractivity contribution >= 4 is 17.3 Å². The fourth-order valence-electron chi connectivity index (χ4n) is 2.38. The van der Waals surface area contributed by atoms with E-state index in [1.807, 2.05) is 0 Å². The van der Waals surface area contributed by atoms with Crippen molar-refractivity contribution in [2.75, 3.05) is 19.7 Å². The molecule has 0 saturated carbocycles. The molecule has 1 aromatic rings. The van der Waals surface area contributed by atoms with Gasteiger partial charge in [0.1, 0.15) is 6.61 Å². The van der Waals surface area contributed by atoms with Gasteiger partial charge >= 0.3 is 5.97 Å². The lowest BCUT2D eigenvalue weighted by molar-refractivity contribution is -0.145. The normalized spacial score (nSPS) is 18.0. The first-order chi connectivity index (χ1) is 9.84. The molecule has 1 fully saturated rings. The largest absolute Gasteiger partial charge is 0.480 e. The smallest absolute Gasteiger partial charge is 0.329 e. The van der Waals surface area contributed by atoms with Gasteiger partial charge in [-0.25, -0.2) is 9.78 Å². The summed E-state index contributed by atoms with van der Waals surface area (Å²) in [6.45, 7) is 9.10. The van der Waals surface area contributed by atoms with Crippen molar-refractivity contribution < 1.29 is 14.6 Å². The molecule has 21 heavy (non-hydrogen) atoms. The number of thiazole rings is 1. The molecular weight excluding hydrogens is 288 g/mol. The van der Waals surface area contributed by atoms with Gasteiger partial charge < -0.3 is 9.84 Å². The molecule has 1 N–H and O–H groups in total. The van der Waals surface area contributed by atoms with Gasteiger partial charge in [-0.15, -0.1) is 11.3 Å². The van der Waals surface area contributed by atoms with Crippen molar-refractivity contribution in [1.29, 1.82) is 0 Å². The van der Waals surface area contributed by atoms with Crippen LogP contribution in [0.2, 0.25) is 0 Å². The van der Waals surface area contributed by atoms with Crippen LogP contribution >= 0.6 is 11.3 Å². The fourth-order valence-corrected chi connectivity index (χ4v) is 3.27. The Bertz CT molecular complexity index is 474. The molecule has 0 aromatic carbocycles. The molecule has 2 heterocycles. The molecule has 1 aromatic heterocycles. The van der Waals surface area contributed by atoms with Gasteiger partial charge in [-0.1, -0.05) is 20.8 Å². The van der Waals surface area contributed by atoms with Crippen molar-refractivity contribution in [3.8, 4) is 0 Å². The minimum atomic E-state index is -0.894. The number of nitrogens with zero attached hydrogens (tertiary/aromatic N) is 2. The van der Waals surface area contributed by atoms with Crippen molar-refractivity contribution in [2.24, 2.45) is 0 Å². The molecule has 1 aliphatic rings. The summed E-state index contributed by atoms with van der Waals surface area (Å²) in [5.74, 6) is -0.894. The Morgan fingerprint density at radius 3 is 2.67 bits per heavy atom. The molecule has 6 heteroatoms. The van der Waals surface area contributed by atoms with E-state index in [4.69, 9.17) is 14.8 Å². The SMILES string of the molecule is CC(C)(C)c1nc(CN2CCC(OCC(=O)O)CC2)cs1. The van der Waals surface area contributed by atoms with E-state index in [0.717, 1.165) is 38.2 Å². The Hall–Kier alpha value is -0.980. The Balaban J connectivity index is 1.78. The van der Waals surface area contributed by atoms with E-state index in [-0.39, 0.29) is 18.1 Å². The van der Waals surface area contributed by atoms with Gasteiger partial charge in [0, 0.05) is 30.4 Å². The van der Waals surface area contributed by atoms with E-state index in [0.29, 0.717) is 0 Å². The first kappa shape index (κ1) is 16.4. The molecule has 1 aliphatic heterocycles. The number of likely N-dealkylation sites (tertiary alicyclic amines) is 1. The van der Waals surface area contributed by atoms with Gasteiger partial charge in [-0.2, -0.15) is 0 Å². The predicted octanol–water partition coefficient (Wildman–Crippen LogP) is 2.51. The van der Waals surface area contributed by atoms with Gasteiger partial charge in [0.05, 0.1) is 16.8 Å². The Labute approximate surface area is 129 Å². The van der Waals surface area contributed by atoms with Crippen LogP contribution in [0.15, 0.2) is 5.38 Å². The zero-order valence-corrected chi connectivity index (χ0v) is 13.8. The maximum Gasteiger partial charge on any atom is 0.329 e. The van der Waals surface area contributed by atoms with Crippen molar-refractivity contribution in [3.63, 3.8) is 0 Å². The molecule has 5 nitrogen and oxygen atoms in total. The number of hydrogen-bond acceptors (Lipinski definition) is 5. The van der Waals surface area contributed by atoms with Gasteiger partial charge in [0.2, 0.25) is 0 Å². The number of carbonyl (C=O) groups is 1. The van der Waals surface area contributed by atoms with E-state index in [2.05, 4.69) is 31.1 Å². The van der Waals surface area contributed by atoms with Crippen LogP contribution < -0.4 is 0 Å². The third kappa shape index (κ3) is 5.05. The van der Waals surface area contributed by atoms with Crippen LogP contribution in [0.5, 0.6) is 0 Å². The van der Waals surface area contributed by atoms with Crippen molar-refractivity contribution in [2.45, 2.75) is 51.7 Å². The van der Waals surface area contributed by atoms with Crippen LogP contribution in [0.4, 0.5) is 0 Å². The highest BCUT2D eigenvalue weighted by Gasteiger charge is 2.22. The summed E-state index contributed by atoms with van der Waals surface area (Å²) in [5.41, 5.74) is 1.25. The van der Waals surface area contributed by atoms with Crippen LogP contribution in [0.3, 0.4) is 0 Å². The Morgan fingerprint density at radius 1 is 1.48 bits per heavy atom. The summed E-state index contributed by atoms with van der Waals surface area (Å²) in [5, 5.41) is 11.9. The Morgan fingerprint density at radius 2 is 2.14 bits per heavy atom. The van der Waals surface area contributed by atoms with Crippen LogP contribution in [-0.2, 0) is 21.5 Å². The minimum Gasteiger partial charge on any atom is -0.480 e. The highest BCUT2D eigenvalue weighted by Crippen LogP contribution is 2.26. The second-order valence-corrected chi connectivity index (χ2v) is 7.43. The number of rotatable bonds is 5. The molecule has 118 valence electrons. The molecule has 0 bridgehead atoms. The third-order valence-electron chi connectivity index (χ3n) is 3.56. The molecule has 2 rings (SSSR count). The van der Waals surface area contributed by atoms with E-state index in [9.17, 15) is 4.79 Å². The quantitative estimate of drug-likeness (QED) is 0.905. The standard InChI is InChI=1S/C15H24N2O3S/c1-15(2,3)14-16-11(10-21-14)8-17-6-4-12(5-7-17)20-9-13(18)19/h10,12H,4-9H2,1-3H3,(H,18,19). The highest BCUT2D eigenvalue weighted by atomic mass is 32.1. The van der Waals surface area contributed by atoms with E-state index in [1.54, 1.807) is 11.3 Å². The average Bonchev–Trinajstić information content (AvgIpc) is 2.86. The lowest BCUT2D eigenvalue weighted by Gasteiger charge is -2.31. The molecule has 0 aliphatic carbocycles. The molecule has 0 amide bonds. The monoisotopic (exact) mass is 312 g/mol. The number of aliphatic carboxylic acids is 1. The first-order valence-corrected chi connectivity index (χ1v) is 8.23. The second kappa shape index (κ2) is 6.85. The fraction of sp³-hybridized carbons (Fsp3) is 0.733. The molecule has 0 radical (unpaired) electrons. The lowest BCUT2D eigenvalue weighted by Crippen LogP contribution is -2.37. The van der Waals surface area contributed by atoms with Crippen LogP contribution in [0.25, 0.3) is 0 Å². The second-order valence-electron chi connectivity index (χ2n) is 6.57. The Kier molecular flexibility index (Phi) is 5.35.